The molecule has 164 valence electrons. The van der Waals surface area contributed by atoms with E-state index in [4.69, 9.17) is 18.9 Å². The smallest absolute Gasteiger partial charge is 0.322 e. The van der Waals surface area contributed by atoms with Crippen LogP contribution in [-0.4, -0.2) is 51.8 Å². The first-order valence-electron chi connectivity index (χ1n) is 9.94. The van der Waals surface area contributed by atoms with Crippen molar-refractivity contribution in [2.24, 2.45) is 0 Å². The predicted molar refractivity (Wildman–Crippen MR) is 113 cm³/mol. The number of hydrogen-bond donors (Lipinski definition) is 2. The Morgan fingerprint density at radius 2 is 1.19 bits per heavy atom. The lowest BCUT2D eigenvalue weighted by atomic mass is 10.1. The number of hydrogen-bond acceptors (Lipinski definition) is 9. The van der Waals surface area contributed by atoms with Crippen molar-refractivity contribution in [3.63, 3.8) is 0 Å². The average molecular weight is 427 g/mol. The van der Waals surface area contributed by atoms with Crippen LogP contribution in [-0.2, 0) is 4.74 Å². The van der Waals surface area contributed by atoms with E-state index in [1.807, 2.05) is 20.8 Å². The molecule has 0 atom stereocenters. The Kier molecular flexibility index (Phi) is 7.45. The summed E-state index contributed by atoms with van der Waals surface area (Å²) in [4.78, 5) is 13.0. The van der Waals surface area contributed by atoms with E-state index in [1.54, 1.807) is 24.3 Å². The van der Waals surface area contributed by atoms with Crippen molar-refractivity contribution >= 4 is 0 Å². The Morgan fingerprint density at radius 1 is 0.677 bits per heavy atom. The van der Waals surface area contributed by atoms with Crippen LogP contribution in [0.15, 0.2) is 36.4 Å². The standard InChI is InChI=1S/C22H25N3O6/c1-4-28-13-31-22-24-20(16-9-7-14(29-5-2)11-18(16)26)23-21(25-22)17-10-8-15(30-6-3)12-19(17)27/h7-12,26-27H,4-6,13H2,1-3H3. The number of phenols is 2. The molecule has 0 saturated heterocycles. The second kappa shape index (κ2) is 10.4. The molecule has 0 aliphatic heterocycles. The van der Waals surface area contributed by atoms with Crippen molar-refractivity contribution in [3.05, 3.63) is 36.4 Å². The van der Waals surface area contributed by atoms with Crippen LogP contribution in [0.2, 0.25) is 0 Å². The molecular formula is C22H25N3O6. The number of benzene rings is 2. The molecule has 1 heterocycles. The lowest BCUT2D eigenvalue weighted by molar-refractivity contribution is 0.0167. The van der Waals surface area contributed by atoms with Gasteiger partial charge in [0.15, 0.2) is 18.4 Å². The highest BCUT2D eigenvalue weighted by Gasteiger charge is 2.17. The van der Waals surface area contributed by atoms with Crippen molar-refractivity contribution in [1.29, 1.82) is 0 Å². The highest BCUT2D eigenvalue weighted by Crippen LogP contribution is 2.35. The number of nitrogens with zero attached hydrogens (tertiary/aromatic N) is 3. The van der Waals surface area contributed by atoms with Crippen LogP contribution < -0.4 is 14.2 Å². The first-order valence-corrected chi connectivity index (χ1v) is 9.94. The molecule has 0 amide bonds. The summed E-state index contributed by atoms with van der Waals surface area (Å²) < 4.78 is 21.5. The Hall–Kier alpha value is -3.59. The zero-order valence-electron chi connectivity index (χ0n) is 17.7. The summed E-state index contributed by atoms with van der Waals surface area (Å²) in [6, 6.07) is 9.66. The monoisotopic (exact) mass is 427 g/mol. The van der Waals surface area contributed by atoms with Crippen LogP contribution in [0, 0.1) is 0 Å². The number of rotatable bonds is 10. The Balaban J connectivity index is 2.05. The van der Waals surface area contributed by atoms with E-state index in [-0.39, 0.29) is 36.0 Å². The molecule has 1 aromatic heterocycles. The summed E-state index contributed by atoms with van der Waals surface area (Å²) >= 11 is 0. The van der Waals surface area contributed by atoms with Crippen molar-refractivity contribution < 1.29 is 29.2 Å². The fraction of sp³-hybridized carbons (Fsp3) is 0.318. The first kappa shape index (κ1) is 22.1. The van der Waals surface area contributed by atoms with E-state index in [9.17, 15) is 10.2 Å². The fourth-order valence-electron chi connectivity index (χ4n) is 2.75. The minimum absolute atomic E-state index is 0.00461. The Bertz CT molecular complexity index is 954. The summed E-state index contributed by atoms with van der Waals surface area (Å²) in [6.45, 7) is 6.91. The third-order valence-corrected chi connectivity index (χ3v) is 4.13. The second-order valence-corrected chi connectivity index (χ2v) is 6.24. The molecular weight excluding hydrogens is 402 g/mol. The van der Waals surface area contributed by atoms with Gasteiger partial charge in [-0.15, -0.1) is 0 Å². The van der Waals surface area contributed by atoms with Crippen LogP contribution in [0.25, 0.3) is 22.8 Å². The summed E-state index contributed by atoms with van der Waals surface area (Å²) in [5, 5.41) is 21.0. The molecule has 31 heavy (non-hydrogen) atoms. The molecule has 9 heteroatoms. The van der Waals surface area contributed by atoms with Gasteiger partial charge >= 0.3 is 6.01 Å². The molecule has 2 N–H and O–H groups in total. The molecule has 9 nitrogen and oxygen atoms in total. The van der Waals surface area contributed by atoms with Gasteiger partial charge in [0.05, 0.1) is 24.3 Å². The van der Waals surface area contributed by atoms with E-state index < -0.39 is 0 Å². The minimum Gasteiger partial charge on any atom is -0.507 e. The van der Waals surface area contributed by atoms with Crippen molar-refractivity contribution in [3.8, 4) is 51.8 Å². The average Bonchev–Trinajstić information content (AvgIpc) is 2.74. The van der Waals surface area contributed by atoms with Crippen molar-refractivity contribution in [2.75, 3.05) is 26.6 Å². The number of aromatic nitrogens is 3. The molecule has 0 radical (unpaired) electrons. The third-order valence-electron chi connectivity index (χ3n) is 4.13. The van der Waals surface area contributed by atoms with Gasteiger partial charge in [-0.3, -0.25) is 0 Å². The van der Waals surface area contributed by atoms with E-state index in [2.05, 4.69) is 15.0 Å². The molecule has 0 unspecified atom stereocenters. The van der Waals surface area contributed by atoms with Gasteiger partial charge in [-0.1, -0.05) is 0 Å². The maximum absolute atomic E-state index is 10.5. The van der Waals surface area contributed by atoms with Gasteiger partial charge in [-0.2, -0.15) is 9.97 Å². The topological polar surface area (TPSA) is 116 Å². The zero-order chi connectivity index (χ0) is 22.2. The maximum Gasteiger partial charge on any atom is 0.322 e. The van der Waals surface area contributed by atoms with Crippen LogP contribution in [0.4, 0.5) is 0 Å². The third kappa shape index (κ3) is 5.52. The normalized spacial score (nSPS) is 10.7. The summed E-state index contributed by atoms with van der Waals surface area (Å²) in [5.41, 5.74) is 0.720. The van der Waals surface area contributed by atoms with Crippen LogP contribution in [0.3, 0.4) is 0 Å². The SMILES string of the molecule is CCOCOc1nc(-c2ccc(OCC)cc2O)nc(-c2ccc(OCC)cc2O)n1. The Morgan fingerprint density at radius 3 is 1.61 bits per heavy atom. The van der Waals surface area contributed by atoms with Crippen molar-refractivity contribution in [2.45, 2.75) is 20.8 Å². The van der Waals surface area contributed by atoms with E-state index in [0.717, 1.165) is 0 Å². The summed E-state index contributed by atoms with van der Waals surface area (Å²) in [7, 11) is 0. The Labute approximate surface area is 180 Å². The molecule has 0 bridgehead atoms. The van der Waals surface area contributed by atoms with Gasteiger partial charge in [0.1, 0.15) is 23.0 Å². The molecule has 0 saturated carbocycles. The quantitative estimate of drug-likeness (QED) is 0.368. The fourth-order valence-corrected chi connectivity index (χ4v) is 2.75. The second-order valence-electron chi connectivity index (χ2n) is 6.24. The molecule has 3 aromatic rings. The van der Waals surface area contributed by atoms with E-state index in [1.165, 1.54) is 12.1 Å². The van der Waals surface area contributed by atoms with Gasteiger partial charge in [-0.05, 0) is 45.0 Å². The summed E-state index contributed by atoms with van der Waals surface area (Å²) in [6.07, 6.45) is 0. The van der Waals surface area contributed by atoms with Gasteiger partial charge in [-0.25, -0.2) is 4.98 Å². The van der Waals surface area contributed by atoms with Gasteiger partial charge in [0, 0.05) is 18.7 Å². The van der Waals surface area contributed by atoms with Gasteiger partial charge < -0.3 is 29.2 Å². The minimum atomic E-state index is -0.0604. The van der Waals surface area contributed by atoms with E-state index >= 15 is 0 Å². The lowest BCUT2D eigenvalue weighted by Gasteiger charge is -2.12. The maximum atomic E-state index is 10.5. The summed E-state index contributed by atoms with van der Waals surface area (Å²) in [5.74, 6) is 1.27. The van der Waals surface area contributed by atoms with E-state index in [0.29, 0.717) is 42.4 Å². The molecule has 0 aliphatic carbocycles. The lowest BCUT2D eigenvalue weighted by Crippen LogP contribution is -2.07. The highest BCUT2D eigenvalue weighted by molar-refractivity contribution is 5.70. The van der Waals surface area contributed by atoms with Gasteiger partial charge in [0.25, 0.3) is 0 Å². The predicted octanol–water partition coefficient (Wildman–Crippen LogP) is 3.79. The van der Waals surface area contributed by atoms with Crippen LogP contribution in [0.1, 0.15) is 20.8 Å². The highest BCUT2D eigenvalue weighted by atomic mass is 16.7. The van der Waals surface area contributed by atoms with Crippen molar-refractivity contribution in [1.82, 2.24) is 15.0 Å². The molecule has 3 rings (SSSR count). The van der Waals surface area contributed by atoms with Gasteiger partial charge in [0.2, 0.25) is 0 Å². The molecule has 0 aliphatic rings. The number of aromatic hydroxyl groups is 2. The number of ether oxygens (including phenoxy) is 4. The molecule has 0 fully saturated rings. The zero-order valence-corrected chi connectivity index (χ0v) is 17.7. The van der Waals surface area contributed by atoms with Crippen LogP contribution >= 0.6 is 0 Å². The molecule has 0 spiro atoms. The number of phenolic OH excluding ortho intramolecular Hbond substituents is 2. The first-order chi connectivity index (χ1) is 15.0. The largest absolute Gasteiger partial charge is 0.507 e. The van der Waals surface area contributed by atoms with Crippen LogP contribution in [0.5, 0.6) is 29.0 Å². The molecule has 2 aromatic carbocycles.